The molecule has 0 spiro atoms. The van der Waals surface area contributed by atoms with Crippen LogP contribution >= 0.6 is 0 Å². The van der Waals surface area contributed by atoms with Crippen molar-refractivity contribution in [3.05, 3.63) is 24.3 Å². The first-order chi connectivity index (χ1) is 23.5. The lowest BCUT2D eigenvalue weighted by atomic mass is 10.1. The van der Waals surface area contributed by atoms with E-state index in [0.29, 0.717) is 26.1 Å². The van der Waals surface area contributed by atoms with E-state index in [-0.39, 0.29) is 25.6 Å². The minimum atomic E-state index is -1.04. The Hall–Kier alpha value is -1.70. The molecule has 1 N–H and O–H groups in total. The first kappa shape index (κ1) is 46.3. The van der Waals surface area contributed by atoms with Crippen LogP contribution in [0.5, 0.6) is 0 Å². The highest BCUT2D eigenvalue weighted by Gasteiger charge is 2.16. The normalized spacial score (nSPS) is 12.4. The van der Waals surface area contributed by atoms with Crippen LogP contribution < -0.4 is 0 Å². The second-order valence-corrected chi connectivity index (χ2v) is 13.2. The molecule has 0 aromatic carbocycles. The second kappa shape index (κ2) is 38.1. The molecule has 7 heteroatoms. The fourth-order valence-corrected chi connectivity index (χ4v) is 5.30. The van der Waals surface area contributed by atoms with Crippen LogP contribution in [-0.4, -0.2) is 55.9 Å². The first-order valence-corrected chi connectivity index (χ1v) is 20.1. The van der Waals surface area contributed by atoms with Gasteiger partial charge in [0.2, 0.25) is 0 Å². The van der Waals surface area contributed by atoms with Crippen molar-refractivity contribution in [2.45, 2.75) is 200 Å². The number of aliphatic hydroxyl groups is 1. The van der Waals surface area contributed by atoms with Gasteiger partial charge < -0.3 is 24.1 Å². The monoisotopic (exact) mass is 681 g/mol. The van der Waals surface area contributed by atoms with Crippen molar-refractivity contribution in [3.8, 4) is 0 Å². The van der Waals surface area contributed by atoms with Gasteiger partial charge in [0.05, 0.1) is 6.42 Å². The molecule has 0 fully saturated rings. The Morgan fingerprint density at radius 1 is 0.521 bits per heavy atom. The molecule has 0 radical (unpaired) electrons. The Balaban J connectivity index is 3.99. The zero-order valence-corrected chi connectivity index (χ0v) is 31.6. The van der Waals surface area contributed by atoms with E-state index in [1.54, 1.807) is 0 Å². The molecule has 0 rings (SSSR count). The highest BCUT2D eigenvalue weighted by atomic mass is 16.7. The summed E-state index contributed by atoms with van der Waals surface area (Å²) in [6.07, 6.45) is 35.2. The maximum Gasteiger partial charge on any atom is 0.306 e. The van der Waals surface area contributed by atoms with E-state index in [4.69, 9.17) is 18.9 Å². The van der Waals surface area contributed by atoms with Gasteiger partial charge in [-0.15, -0.1) is 0 Å². The van der Waals surface area contributed by atoms with Crippen molar-refractivity contribution in [2.75, 3.05) is 26.4 Å². The topological polar surface area (TPSA) is 91.3 Å². The van der Waals surface area contributed by atoms with Gasteiger partial charge in [0, 0.05) is 26.1 Å². The standard InChI is InChI=1S/C41H76O7/c1-4-7-10-13-16-17-18-19-20-21-22-23-24-25-28-31-39(43)47-36-38(42)37-48-40(44)32-33-41(45-34-29-26-14-11-8-5-2)46-35-30-27-15-12-9-6-3/h16-17,19-20,38,41-42H,4-15,18,21-37H2,1-3H3/b17-16-,20-19-. The van der Waals surface area contributed by atoms with Crippen LogP contribution in [-0.2, 0) is 28.5 Å². The number of allylic oxidation sites excluding steroid dienone is 4. The van der Waals surface area contributed by atoms with E-state index >= 15 is 0 Å². The lowest BCUT2D eigenvalue weighted by Crippen LogP contribution is -2.26. The third-order valence-corrected chi connectivity index (χ3v) is 8.39. The Morgan fingerprint density at radius 2 is 0.938 bits per heavy atom. The third kappa shape index (κ3) is 35.6. The van der Waals surface area contributed by atoms with Crippen molar-refractivity contribution >= 4 is 11.9 Å². The van der Waals surface area contributed by atoms with Crippen LogP contribution in [0.4, 0.5) is 0 Å². The number of hydrogen-bond donors (Lipinski definition) is 1. The number of unbranched alkanes of at least 4 members (excludes halogenated alkanes) is 18. The van der Waals surface area contributed by atoms with Gasteiger partial charge in [-0.1, -0.05) is 141 Å². The number of hydrogen-bond acceptors (Lipinski definition) is 7. The predicted molar refractivity (Wildman–Crippen MR) is 199 cm³/mol. The minimum Gasteiger partial charge on any atom is -0.463 e. The van der Waals surface area contributed by atoms with Crippen LogP contribution in [0, 0.1) is 0 Å². The summed E-state index contributed by atoms with van der Waals surface area (Å²) in [6, 6.07) is 0. The molecule has 0 aromatic rings. The van der Waals surface area contributed by atoms with Crippen LogP contribution in [0.15, 0.2) is 24.3 Å². The molecule has 0 aliphatic heterocycles. The molecule has 1 atom stereocenters. The third-order valence-electron chi connectivity index (χ3n) is 8.39. The Labute approximate surface area is 296 Å². The molecule has 1 unspecified atom stereocenters. The van der Waals surface area contributed by atoms with Gasteiger partial charge in [0.1, 0.15) is 19.3 Å². The Kier molecular flexibility index (Phi) is 36.8. The lowest BCUT2D eigenvalue weighted by Gasteiger charge is -2.19. The van der Waals surface area contributed by atoms with Crippen molar-refractivity contribution < 1.29 is 33.6 Å². The van der Waals surface area contributed by atoms with Crippen LogP contribution in [0.2, 0.25) is 0 Å². The molecule has 7 nitrogen and oxygen atoms in total. The largest absolute Gasteiger partial charge is 0.463 e. The summed E-state index contributed by atoms with van der Waals surface area (Å²) in [6.45, 7) is 7.56. The Bertz CT molecular complexity index is 733. The van der Waals surface area contributed by atoms with Crippen molar-refractivity contribution in [2.24, 2.45) is 0 Å². The van der Waals surface area contributed by atoms with Crippen LogP contribution in [0.3, 0.4) is 0 Å². The zero-order chi connectivity index (χ0) is 35.2. The summed E-state index contributed by atoms with van der Waals surface area (Å²) in [7, 11) is 0. The summed E-state index contributed by atoms with van der Waals surface area (Å²) < 4.78 is 22.4. The molecule has 48 heavy (non-hydrogen) atoms. The highest BCUT2D eigenvalue weighted by molar-refractivity contribution is 5.69. The van der Waals surface area contributed by atoms with Gasteiger partial charge in [-0.05, 0) is 51.4 Å². The zero-order valence-electron chi connectivity index (χ0n) is 31.6. The number of esters is 2. The number of ether oxygens (including phenoxy) is 4. The summed E-state index contributed by atoms with van der Waals surface area (Å²) in [5, 5.41) is 10.2. The minimum absolute atomic E-state index is 0.150. The van der Waals surface area contributed by atoms with Gasteiger partial charge in [0.15, 0.2) is 6.29 Å². The molecule has 0 amide bonds. The maximum atomic E-state index is 12.4. The highest BCUT2D eigenvalue weighted by Crippen LogP contribution is 2.13. The average molecular weight is 681 g/mol. The fourth-order valence-electron chi connectivity index (χ4n) is 5.30. The number of aliphatic hydroxyl groups excluding tert-OH is 1. The van der Waals surface area contributed by atoms with Gasteiger partial charge in [-0.3, -0.25) is 9.59 Å². The molecular formula is C41H76O7. The van der Waals surface area contributed by atoms with Gasteiger partial charge in [-0.25, -0.2) is 0 Å². The quantitative estimate of drug-likeness (QED) is 0.0302. The second-order valence-electron chi connectivity index (χ2n) is 13.2. The SMILES string of the molecule is CCCCC/C=C\C/C=C\CCCCCCCC(=O)OCC(O)COC(=O)CCC(OCCCCCCCC)OCCCCCCCC. The van der Waals surface area contributed by atoms with E-state index in [2.05, 4.69) is 45.1 Å². The lowest BCUT2D eigenvalue weighted by molar-refractivity contribution is -0.162. The molecular weight excluding hydrogens is 604 g/mol. The molecule has 0 aromatic heterocycles. The van der Waals surface area contributed by atoms with Gasteiger partial charge in [0.25, 0.3) is 0 Å². The number of rotatable bonds is 37. The van der Waals surface area contributed by atoms with E-state index < -0.39 is 18.4 Å². The van der Waals surface area contributed by atoms with E-state index in [1.807, 2.05) is 0 Å². The summed E-state index contributed by atoms with van der Waals surface area (Å²) in [5.74, 6) is -0.735. The summed E-state index contributed by atoms with van der Waals surface area (Å²) in [5.41, 5.74) is 0. The van der Waals surface area contributed by atoms with Crippen molar-refractivity contribution in [1.82, 2.24) is 0 Å². The molecule has 0 bridgehead atoms. The van der Waals surface area contributed by atoms with E-state index in [1.165, 1.54) is 83.5 Å². The predicted octanol–water partition coefficient (Wildman–Crippen LogP) is 11.1. The summed E-state index contributed by atoms with van der Waals surface area (Å²) >= 11 is 0. The van der Waals surface area contributed by atoms with Gasteiger partial charge in [-0.2, -0.15) is 0 Å². The molecule has 0 heterocycles. The van der Waals surface area contributed by atoms with E-state index in [9.17, 15) is 14.7 Å². The molecule has 0 saturated carbocycles. The molecule has 282 valence electrons. The first-order valence-electron chi connectivity index (χ1n) is 20.1. The summed E-state index contributed by atoms with van der Waals surface area (Å²) in [4.78, 5) is 24.4. The van der Waals surface area contributed by atoms with E-state index in [0.717, 1.165) is 64.2 Å². The number of carbonyl (C=O) groups is 2. The van der Waals surface area contributed by atoms with Crippen LogP contribution in [0.1, 0.15) is 188 Å². The fraction of sp³-hybridized carbons (Fsp3) is 0.854. The number of carbonyl (C=O) groups excluding carboxylic acids is 2. The van der Waals surface area contributed by atoms with Crippen molar-refractivity contribution in [1.29, 1.82) is 0 Å². The smallest absolute Gasteiger partial charge is 0.306 e. The average Bonchev–Trinajstić information content (AvgIpc) is 3.09. The molecule has 0 saturated heterocycles. The molecule has 0 aliphatic carbocycles. The maximum absolute atomic E-state index is 12.4. The molecule has 0 aliphatic rings. The van der Waals surface area contributed by atoms with Crippen LogP contribution in [0.25, 0.3) is 0 Å². The van der Waals surface area contributed by atoms with Gasteiger partial charge >= 0.3 is 11.9 Å². The Morgan fingerprint density at radius 3 is 1.48 bits per heavy atom. The van der Waals surface area contributed by atoms with Crippen molar-refractivity contribution in [3.63, 3.8) is 0 Å².